The fourth-order valence-corrected chi connectivity index (χ4v) is 2.53. The molecule has 1 amide bonds. The first-order valence-electron chi connectivity index (χ1n) is 5.42. The summed E-state index contributed by atoms with van der Waals surface area (Å²) >= 11 is 7.25. The molecule has 0 radical (unpaired) electrons. The molecule has 0 fully saturated rings. The minimum absolute atomic E-state index is 0.140. The van der Waals surface area contributed by atoms with Gasteiger partial charge >= 0.3 is 0 Å². The van der Waals surface area contributed by atoms with E-state index in [-0.39, 0.29) is 11.8 Å². The van der Waals surface area contributed by atoms with Crippen LogP contribution >= 0.6 is 22.9 Å². The van der Waals surface area contributed by atoms with Gasteiger partial charge in [-0.25, -0.2) is 9.97 Å². The molecular formula is C12H12ClN3OS. The van der Waals surface area contributed by atoms with Gasteiger partial charge in [-0.15, -0.1) is 11.3 Å². The average Bonchev–Trinajstić information content (AvgIpc) is 2.75. The van der Waals surface area contributed by atoms with Crippen molar-refractivity contribution in [1.29, 1.82) is 0 Å². The van der Waals surface area contributed by atoms with Gasteiger partial charge in [0.25, 0.3) is 0 Å². The number of carbonyl (C=O) groups is 1. The molecule has 2 rings (SSSR count). The number of hydrogen-bond acceptors (Lipinski definition) is 4. The lowest BCUT2D eigenvalue weighted by Gasteiger charge is -2.09. The molecule has 18 heavy (non-hydrogen) atoms. The molecule has 0 saturated heterocycles. The molecule has 6 heteroatoms. The van der Waals surface area contributed by atoms with Crippen LogP contribution in [0.25, 0.3) is 0 Å². The van der Waals surface area contributed by atoms with E-state index in [9.17, 15) is 4.79 Å². The van der Waals surface area contributed by atoms with Crippen LogP contribution in [0.4, 0.5) is 5.95 Å². The van der Waals surface area contributed by atoms with Crippen LogP contribution in [0.15, 0.2) is 24.4 Å². The zero-order chi connectivity index (χ0) is 13.1. The Morgan fingerprint density at radius 3 is 2.83 bits per heavy atom. The second-order valence-electron chi connectivity index (χ2n) is 3.87. The molecule has 4 nitrogen and oxygen atoms in total. The van der Waals surface area contributed by atoms with Gasteiger partial charge in [0.05, 0.1) is 10.3 Å². The number of amides is 1. The summed E-state index contributed by atoms with van der Waals surface area (Å²) in [5.74, 6) is -0.0831. The molecule has 1 atom stereocenters. The summed E-state index contributed by atoms with van der Waals surface area (Å²) in [6, 6.07) is 5.42. The fourth-order valence-electron chi connectivity index (χ4n) is 1.42. The van der Waals surface area contributed by atoms with E-state index in [0.717, 1.165) is 10.6 Å². The van der Waals surface area contributed by atoms with Crippen LogP contribution in [0.5, 0.6) is 0 Å². The quantitative estimate of drug-likeness (QED) is 0.940. The summed E-state index contributed by atoms with van der Waals surface area (Å²) in [4.78, 5) is 21.1. The van der Waals surface area contributed by atoms with E-state index in [1.165, 1.54) is 11.3 Å². The second-order valence-corrected chi connectivity index (χ2v) is 5.62. The lowest BCUT2D eigenvalue weighted by Crippen LogP contribution is -2.19. The van der Waals surface area contributed by atoms with Crippen molar-refractivity contribution in [3.63, 3.8) is 0 Å². The number of rotatable bonds is 3. The number of carbonyl (C=O) groups excluding carboxylic acids is 1. The Hall–Kier alpha value is -1.46. The Kier molecular flexibility index (Phi) is 3.93. The maximum absolute atomic E-state index is 12.0. The van der Waals surface area contributed by atoms with Crippen LogP contribution in [0.2, 0.25) is 4.34 Å². The first kappa shape index (κ1) is 13.0. The Morgan fingerprint density at radius 1 is 1.44 bits per heavy atom. The van der Waals surface area contributed by atoms with Crippen molar-refractivity contribution in [2.45, 2.75) is 19.8 Å². The largest absolute Gasteiger partial charge is 0.294 e. The van der Waals surface area contributed by atoms with E-state index in [2.05, 4.69) is 15.3 Å². The lowest BCUT2D eigenvalue weighted by atomic mass is 10.1. The Labute approximate surface area is 114 Å². The van der Waals surface area contributed by atoms with Gasteiger partial charge in [0.15, 0.2) is 0 Å². The van der Waals surface area contributed by atoms with Crippen molar-refractivity contribution in [3.8, 4) is 0 Å². The van der Waals surface area contributed by atoms with E-state index >= 15 is 0 Å². The highest BCUT2D eigenvalue weighted by molar-refractivity contribution is 7.16. The molecule has 0 unspecified atom stereocenters. The standard InChI is InChI=1S/C12H12ClN3OS/c1-7-5-6-14-12(15-7)16-11(17)8(2)9-3-4-10(13)18-9/h3-6,8H,1-2H3,(H,14,15,16,17)/t8-/m1/s1. The molecule has 0 bridgehead atoms. The normalized spacial score (nSPS) is 12.2. The van der Waals surface area contributed by atoms with Crippen LogP contribution in [-0.4, -0.2) is 15.9 Å². The van der Waals surface area contributed by atoms with Crippen LogP contribution in [0, 0.1) is 6.92 Å². The summed E-state index contributed by atoms with van der Waals surface area (Å²) in [7, 11) is 0. The molecule has 2 aromatic heterocycles. The monoisotopic (exact) mass is 281 g/mol. The van der Waals surface area contributed by atoms with E-state index in [4.69, 9.17) is 11.6 Å². The predicted octanol–water partition coefficient (Wildman–Crippen LogP) is 3.24. The Morgan fingerprint density at radius 2 is 2.22 bits per heavy atom. The average molecular weight is 282 g/mol. The minimum atomic E-state index is -0.272. The van der Waals surface area contributed by atoms with Gasteiger partial charge in [-0.1, -0.05) is 11.6 Å². The molecular weight excluding hydrogens is 270 g/mol. The molecule has 0 saturated carbocycles. The molecule has 0 aromatic carbocycles. The van der Waals surface area contributed by atoms with Crippen molar-refractivity contribution in [3.05, 3.63) is 39.3 Å². The molecule has 0 aliphatic heterocycles. The number of aryl methyl sites for hydroxylation is 1. The van der Waals surface area contributed by atoms with Crippen LogP contribution in [0.1, 0.15) is 23.4 Å². The summed E-state index contributed by atoms with van der Waals surface area (Å²) in [5, 5.41) is 2.69. The molecule has 2 aromatic rings. The summed E-state index contributed by atoms with van der Waals surface area (Å²) in [5.41, 5.74) is 0.812. The lowest BCUT2D eigenvalue weighted by molar-refractivity contribution is -0.117. The van der Waals surface area contributed by atoms with Gasteiger partial charge in [0.1, 0.15) is 0 Å². The fraction of sp³-hybridized carbons (Fsp3) is 0.250. The zero-order valence-corrected chi connectivity index (χ0v) is 11.5. The van der Waals surface area contributed by atoms with Crippen LogP contribution in [-0.2, 0) is 4.79 Å². The summed E-state index contributed by atoms with van der Waals surface area (Å²) < 4.78 is 0.677. The van der Waals surface area contributed by atoms with Crippen LogP contribution < -0.4 is 5.32 Å². The van der Waals surface area contributed by atoms with E-state index in [0.29, 0.717) is 10.3 Å². The topological polar surface area (TPSA) is 54.9 Å². The smallest absolute Gasteiger partial charge is 0.234 e. The number of thiophene rings is 1. The minimum Gasteiger partial charge on any atom is -0.294 e. The molecule has 0 spiro atoms. The summed E-state index contributed by atoms with van der Waals surface area (Å²) in [6.45, 7) is 3.67. The highest BCUT2D eigenvalue weighted by atomic mass is 35.5. The third kappa shape index (κ3) is 3.05. The van der Waals surface area contributed by atoms with Gasteiger partial charge in [0.2, 0.25) is 11.9 Å². The third-order valence-electron chi connectivity index (χ3n) is 2.44. The third-order valence-corrected chi connectivity index (χ3v) is 3.86. The van der Waals surface area contributed by atoms with Crippen molar-refractivity contribution in [1.82, 2.24) is 9.97 Å². The molecule has 2 heterocycles. The number of halogens is 1. The van der Waals surface area contributed by atoms with E-state index < -0.39 is 0 Å². The van der Waals surface area contributed by atoms with Crippen LogP contribution in [0.3, 0.4) is 0 Å². The number of nitrogens with one attached hydrogen (secondary N) is 1. The van der Waals surface area contributed by atoms with Crippen molar-refractivity contribution >= 4 is 34.8 Å². The number of hydrogen-bond donors (Lipinski definition) is 1. The van der Waals surface area contributed by atoms with Gasteiger partial charge < -0.3 is 0 Å². The number of anilines is 1. The first-order valence-corrected chi connectivity index (χ1v) is 6.61. The highest BCUT2D eigenvalue weighted by Gasteiger charge is 2.18. The molecule has 0 aliphatic rings. The van der Waals surface area contributed by atoms with Gasteiger partial charge in [-0.05, 0) is 32.0 Å². The highest BCUT2D eigenvalue weighted by Crippen LogP contribution is 2.28. The first-order chi connectivity index (χ1) is 8.56. The predicted molar refractivity (Wildman–Crippen MR) is 73.1 cm³/mol. The van der Waals surface area contributed by atoms with Crippen molar-refractivity contribution < 1.29 is 4.79 Å². The van der Waals surface area contributed by atoms with Crippen molar-refractivity contribution in [2.24, 2.45) is 0 Å². The van der Waals surface area contributed by atoms with E-state index in [1.807, 2.05) is 19.9 Å². The molecule has 94 valence electrons. The van der Waals surface area contributed by atoms with Gasteiger partial charge in [-0.2, -0.15) is 0 Å². The van der Waals surface area contributed by atoms with Gasteiger partial charge in [-0.3, -0.25) is 10.1 Å². The van der Waals surface area contributed by atoms with Gasteiger partial charge in [0, 0.05) is 16.8 Å². The maximum Gasteiger partial charge on any atom is 0.234 e. The Bertz CT molecular complexity index is 570. The second kappa shape index (κ2) is 5.46. The zero-order valence-electron chi connectivity index (χ0n) is 9.98. The summed E-state index contributed by atoms with van der Waals surface area (Å²) in [6.07, 6.45) is 1.62. The molecule has 1 N–H and O–H groups in total. The number of aromatic nitrogens is 2. The van der Waals surface area contributed by atoms with Crippen molar-refractivity contribution in [2.75, 3.05) is 5.32 Å². The molecule has 0 aliphatic carbocycles. The van der Waals surface area contributed by atoms with E-state index in [1.54, 1.807) is 18.3 Å². The number of nitrogens with zero attached hydrogens (tertiary/aromatic N) is 2. The Balaban J connectivity index is 2.08. The maximum atomic E-state index is 12.0. The SMILES string of the molecule is Cc1ccnc(NC(=O)[C@H](C)c2ccc(Cl)s2)n1.